The van der Waals surface area contributed by atoms with Crippen molar-refractivity contribution in [2.24, 2.45) is 0 Å². The van der Waals surface area contributed by atoms with E-state index < -0.39 is 0 Å². The van der Waals surface area contributed by atoms with Crippen molar-refractivity contribution in [3.05, 3.63) is 35.4 Å². The number of benzene rings is 1. The molecule has 0 saturated carbocycles. The van der Waals surface area contributed by atoms with Crippen LogP contribution in [-0.4, -0.2) is 18.7 Å². The molecule has 1 aliphatic rings. The second-order valence-electron chi connectivity index (χ2n) is 4.44. The fraction of sp³-hybridized carbons (Fsp3) is 0.538. The van der Waals surface area contributed by atoms with Crippen molar-refractivity contribution in [3.63, 3.8) is 0 Å². The van der Waals surface area contributed by atoms with Gasteiger partial charge in [-0.05, 0) is 26.3 Å². The Balaban J connectivity index is 2.08. The Labute approximate surface area is 91.6 Å². The standard InChI is InChI=1S/C13H19NO/c1-9-4-6-12(7-5-9)13-8-14-10(2)11(3)15-13/h4-7,10-11,13-14H,8H2,1-3H3. The average molecular weight is 205 g/mol. The molecule has 0 spiro atoms. The maximum Gasteiger partial charge on any atom is 0.0953 e. The smallest absolute Gasteiger partial charge is 0.0953 e. The van der Waals surface area contributed by atoms with Crippen molar-refractivity contribution in [1.29, 1.82) is 0 Å². The van der Waals surface area contributed by atoms with Crippen LogP contribution in [0.2, 0.25) is 0 Å². The highest BCUT2D eigenvalue weighted by atomic mass is 16.5. The first kappa shape index (κ1) is 10.7. The Bertz CT molecular complexity index is 320. The second-order valence-corrected chi connectivity index (χ2v) is 4.44. The van der Waals surface area contributed by atoms with Crippen molar-refractivity contribution < 1.29 is 4.74 Å². The Morgan fingerprint density at radius 1 is 1.20 bits per heavy atom. The number of ether oxygens (including phenoxy) is 1. The fourth-order valence-corrected chi connectivity index (χ4v) is 1.86. The maximum atomic E-state index is 5.96. The molecule has 2 rings (SSSR count). The molecule has 82 valence electrons. The topological polar surface area (TPSA) is 21.3 Å². The van der Waals surface area contributed by atoms with Gasteiger partial charge in [0, 0.05) is 12.6 Å². The van der Waals surface area contributed by atoms with Crippen LogP contribution in [0.3, 0.4) is 0 Å². The molecule has 0 amide bonds. The van der Waals surface area contributed by atoms with E-state index in [2.05, 4.69) is 50.4 Å². The van der Waals surface area contributed by atoms with Gasteiger partial charge in [-0.3, -0.25) is 0 Å². The van der Waals surface area contributed by atoms with E-state index in [1.807, 2.05) is 0 Å². The molecule has 15 heavy (non-hydrogen) atoms. The van der Waals surface area contributed by atoms with Crippen molar-refractivity contribution in [2.75, 3.05) is 6.54 Å². The maximum absolute atomic E-state index is 5.96. The third-order valence-corrected chi connectivity index (χ3v) is 3.16. The van der Waals surface area contributed by atoms with Crippen LogP contribution < -0.4 is 5.32 Å². The molecule has 1 heterocycles. The lowest BCUT2D eigenvalue weighted by Crippen LogP contribution is -2.46. The van der Waals surface area contributed by atoms with Crippen LogP contribution in [0.15, 0.2) is 24.3 Å². The van der Waals surface area contributed by atoms with Crippen LogP contribution in [0.5, 0.6) is 0 Å². The largest absolute Gasteiger partial charge is 0.368 e. The van der Waals surface area contributed by atoms with Crippen LogP contribution in [0.1, 0.15) is 31.1 Å². The zero-order chi connectivity index (χ0) is 10.8. The summed E-state index contributed by atoms with van der Waals surface area (Å²) < 4.78 is 5.96. The zero-order valence-corrected chi connectivity index (χ0v) is 9.66. The number of rotatable bonds is 1. The van der Waals surface area contributed by atoms with Crippen molar-refractivity contribution >= 4 is 0 Å². The minimum Gasteiger partial charge on any atom is -0.368 e. The number of aryl methyl sites for hydroxylation is 1. The van der Waals surface area contributed by atoms with E-state index in [0.29, 0.717) is 6.04 Å². The van der Waals surface area contributed by atoms with Gasteiger partial charge in [-0.15, -0.1) is 0 Å². The molecule has 1 aromatic carbocycles. The lowest BCUT2D eigenvalue weighted by molar-refractivity contribution is -0.0508. The van der Waals surface area contributed by atoms with Gasteiger partial charge >= 0.3 is 0 Å². The summed E-state index contributed by atoms with van der Waals surface area (Å²) in [5, 5.41) is 3.47. The SMILES string of the molecule is Cc1ccc(C2CNC(C)C(C)O2)cc1. The molecule has 2 heteroatoms. The van der Waals surface area contributed by atoms with Gasteiger partial charge < -0.3 is 10.1 Å². The van der Waals surface area contributed by atoms with Gasteiger partial charge in [0.05, 0.1) is 12.2 Å². The van der Waals surface area contributed by atoms with Gasteiger partial charge in [0.2, 0.25) is 0 Å². The lowest BCUT2D eigenvalue weighted by atomic mass is 10.0. The van der Waals surface area contributed by atoms with Gasteiger partial charge in [0.25, 0.3) is 0 Å². The Morgan fingerprint density at radius 3 is 2.47 bits per heavy atom. The van der Waals surface area contributed by atoms with E-state index in [1.54, 1.807) is 0 Å². The molecule has 1 N–H and O–H groups in total. The van der Waals surface area contributed by atoms with Crippen LogP contribution in [0, 0.1) is 6.92 Å². The van der Waals surface area contributed by atoms with Crippen LogP contribution in [0.4, 0.5) is 0 Å². The molecule has 2 nitrogen and oxygen atoms in total. The van der Waals surface area contributed by atoms with Gasteiger partial charge in [0.1, 0.15) is 0 Å². The Morgan fingerprint density at radius 2 is 1.87 bits per heavy atom. The van der Waals surface area contributed by atoms with Crippen molar-refractivity contribution in [3.8, 4) is 0 Å². The molecular formula is C13H19NO. The van der Waals surface area contributed by atoms with Crippen LogP contribution in [0.25, 0.3) is 0 Å². The molecule has 3 unspecified atom stereocenters. The molecule has 1 fully saturated rings. The third-order valence-electron chi connectivity index (χ3n) is 3.16. The predicted molar refractivity (Wildman–Crippen MR) is 61.9 cm³/mol. The predicted octanol–water partition coefficient (Wildman–Crippen LogP) is 2.43. The van der Waals surface area contributed by atoms with Gasteiger partial charge in [-0.25, -0.2) is 0 Å². The first-order valence-electron chi connectivity index (χ1n) is 5.62. The molecule has 1 saturated heterocycles. The van der Waals surface area contributed by atoms with E-state index in [4.69, 9.17) is 4.74 Å². The highest BCUT2D eigenvalue weighted by Crippen LogP contribution is 2.23. The summed E-state index contributed by atoms with van der Waals surface area (Å²) in [6.45, 7) is 7.30. The molecule has 0 radical (unpaired) electrons. The summed E-state index contributed by atoms with van der Waals surface area (Å²) in [4.78, 5) is 0. The minimum absolute atomic E-state index is 0.205. The number of nitrogens with one attached hydrogen (secondary N) is 1. The fourth-order valence-electron chi connectivity index (χ4n) is 1.86. The van der Waals surface area contributed by atoms with Crippen LogP contribution in [-0.2, 0) is 4.74 Å². The molecule has 3 atom stereocenters. The van der Waals surface area contributed by atoms with Gasteiger partial charge in [0.15, 0.2) is 0 Å². The van der Waals surface area contributed by atoms with E-state index in [9.17, 15) is 0 Å². The van der Waals surface area contributed by atoms with Crippen molar-refractivity contribution in [2.45, 2.75) is 39.0 Å². The molecule has 0 aliphatic carbocycles. The summed E-state index contributed by atoms with van der Waals surface area (Å²) >= 11 is 0. The molecule has 0 aromatic heterocycles. The number of hydrogen-bond donors (Lipinski definition) is 1. The molecule has 1 aliphatic heterocycles. The zero-order valence-electron chi connectivity index (χ0n) is 9.66. The third kappa shape index (κ3) is 2.39. The molecular weight excluding hydrogens is 186 g/mol. The molecule has 0 bridgehead atoms. The lowest BCUT2D eigenvalue weighted by Gasteiger charge is -2.34. The summed E-state index contributed by atoms with van der Waals surface area (Å²) in [7, 11) is 0. The van der Waals surface area contributed by atoms with Gasteiger partial charge in [-0.1, -0.05) is 29.8 Å². The first-order chi connectivity index (χ1) is 7.16. The van der Waals surface area contributed by atoms with E-state index in [0.717, 1.165) is 6.54 Å². The normalized spacial score (nSPS) is 31.5. The highest BCUT2D eigenvalue weighted by molar-refractivity contribution is 5.23. The number of morpholine rings is 1. The first-order valence-corrected chi connectivity index (χ1v) is 5.62. The number of hydrogen-bond acceptors (Lipinski definition) is 2. The quantitative estimate of drug-likeness (QED) is 0.760. The summed E-state index contributed by atoms with van der Waals surface area (Å²) in [6.07, 6.45) is 0.488. The Kier molecular flexibility index (Phi) is 3.08. The summed E-state index contributed by atoms with van der Waals surface area (Å²) in [6, 6.07) is 9.05. The summed E-state index contributed by atoms with van der Waals surface area (Å²) in [5.41, 5.74) is 2.57. The van der Waals surface area contributed by atoms with Crippen LogP contribution >= 0.6 is 0 Å². The van der Waals surface area contributed by atoms with E-state index in [1.165, 1.54) is 11.1 Å². The average Bonchev–Trinajstić information content (AvgIpc) is 2.23. The summed E-state index contributed by atoms with van der Waals surface area (Å²) in [5.74, 6) is 0. The minimum atomic E-state index is 0.205. The highest BCUT2D eigenvalue weighted by Gasteiger charge is 2.25. The van der Waals surface area contributed by atoms with Gasteiger partial charge in [-0.2, -0.15) is 0 Å². The van der Waals surface area contributed by atoms with E-state index >= 15 is 0 Å². The van der Waals surface area contributed by atoms with E-state index in [-0.39, 0.29) is 12.2 Å². The second kappa shape index (κ2) is 4.33. The monoisotopic (exact) mass is 205 g/mol. The Hall–Kier alpha value is -0.860. The molecule has 1 aromatic rings. The van der Waals surface area contributed by atoms with Crippen molar-refractivity contribution in [1.82, 2.24) is 5.32 Å².